The molecule has 10 nitrogen and oxygen atoms in total. The van der Waals surface area contributed by atoms with Crippen LogP contribution in [0.4, 0.5) is 14.6 Å². The van der Waals surface area contributed by atoms with E-state index in [0.717, 1.165) is 30.2 Å². The molecule has 2 aromatic heterocycles. The van der Waals surface area contributed by atoms with Crippen molar-refractivity contribution in [3.05, 3.63) is 35.4 Å². The number of benzene rings is 1. The number of fused-ring (bicyclic) bond motifs is 2. The van der Waals surface area contributed by atoms with Crippen molar-refractivity contribution in [1.82, 2.24) is 25.0 Å². The molecule has 3 aliphatic rings. The number of aliphatic hydroxyl groups excluding tert-OH is 1. The van der Waals surface area contributed by atoms with Gasteiger partial charge in [0.05, 0.1) is 25.4 Å². The fraction of sp³-hybridized carbons (Fsp3) is 0.593. The average molecular weight is 575 g/mol. The van der Waals surface area contributed by atoms with Gasteiger partial charge < -0.3 is 19.3 Å². The van der Waals surface area contributed by atoms with Crippen molar-refractivity contribution in [3.8, 4) is 0 Å². The quantitative estimate of drug-likeness (QED) is 0.214. The van der Waals surface area contributed by atoms with E-state index in [1.165, 1.54) is 17.8 Å². The van der Waals surface area contributed by atoms with Gasteiger partial charge in [0.2, 0.25) is 0 Å². The van der Waals surface area contributed by atoms with Gasteiger partial charge in [-0.25, -0.2) is 28.4 Å². The Balaban J connectivity index is 1.30. The molecule has 6 rings (SSSR count). The second-order valence-corrected chi connectivity index (χ2v) is 11.9. The Morgan fingerprint density at radius 1 is 1.20 bits per heavy atom. The van der Waals surface area contributed by atoms with Crippen LogP contribution in [0, 0.1) is 17.6 Å². The number of thioether (sulfide) groups is 1. The van der Waals surface area contributed by atoms with Gasteiger partial charge in [-0.2, -0.15) is 0 Å². The van der Waals surface area contributed by atoms with Gasteiger partial charge in [0, 0.05) is 24.3 Å². The van der Waals surface area contributed by atoms with Gasteiger partial charge in [-0.15, -0.1) is 5.10 Å². The summed E-state index contributed by atoms with van der Waals surface area (Å²) in [6.07, 6.45) is 3.18. The predicted molar refractivity (Wildman–Crippen MR) is 144 cm³/mol. The van der Waals surface area contributed by atoms with E-state index in [4.69, 9.17) is 19.2 Å². The fourth-order valence-electron chi connectivity index (χ4n) is 5.55. The Morgan fingerprint density at radius 3 is 2.80 bits per heavy atom. The van der Waals surface area contributed by atoms with E-state index in [-0.39, 0.29) is 49.4 Å². The summed E-state index contributed by atoms with van der Waals surface area (Å²) in [6, 6.07) is 3.78. The SMILES string of the molecule is CCCSc1nc(/N=C/[C@@H]2CC2c2ccc(F)c(F)c2)c2nnn([C@H]3C[C@H](OCCO)[C@H]4OC(C)(C)O[C@H]43)c2n1. The number of hydrogen-bond acceptors (Lipinski definition) is 10. The summed E-state index contributed by atoms with van der Waals surface area (Å²) in [4.78, 5) is 14.2. The largest absolute Gasteiger partial charge is 0.394 e. The van der Waals surface area contributed by atoms with E-state index < -0.39 is 17.4 Å². The summed E-state index contributed by atoms with van der Waals surface area (Å²) in [5.41, 5.74) is 1.77. The van der Waals surface area contributed by atoms with Gasteiger partial charge in [-0.3, -0.25) is 0 Å². The van der Waals surface area contributed by atoms with Crippen LogP contribution in [0.25, 0.3) is 11.2 Å². The summed E-state index contributed by atoms with van der Waals surface area (Å²) >= 11 is 1.53. The summed E-state index contributed by atoms with van der Waals surface area (Å²) in [5, 5.41) is 18.8. The number of hydrogen-bond donors (Lipinski definition) is 1. The first-order chi connectivity index (χ1) is 19.3. The van der Waals surface area contributed by atoms with Crippen molar-refractivity contribution in [1.29, 1.82) is 0 Å². The minimum absolute atomic E-state index is 0.0787. The van der Waals surface area contributed by atoms with Crippen LogP contribution in [0.3, 0.4) is 0 Å². The summed E-state index contributed by atoms with van der Waals surface area (Å²) in [5.74, 6) is -1.06. The number of aliphatic imine (C=N–C) groups is 1. The first kappa shape index (κ1) is 27.6. The third kappa shape index (κ3) is 5.37. The molecule has 3 aromatic rings. The third-order valence-corrected chi connectivity index (χ3v) is 8.49. The molecule has 13 heteroatoms. The topological polar surface area (TPSA) is 117 Å². The van der Waals surface area contributed by atoms with E-state index in [0.29, 0.717) is 28.6 Å². The van der Waals surface area contributed by atoms with Gasteiger partial charge >= 0.3 is 0 Å². The van der Waals surface area contributed by atoms with Crippen LogP contribution in [0.5, 0.6) is 0 Å². The molecule has 1 aromatic carbocycles. The first-order valence-electron chi connectivity index (χ1n) is 13.6. The van der Waals surface area contributed by atoms with Gasteiger partial charge in [-0.1, -0.05) is 30.0 Å². The second-order valence-electron chi connectivity index (χ2n) is 10.8. The molecule has 3 heterocycles. The molecular formula is C27H32F2N6O4S. The van der Waals surface area contributed by atoms with Crippen LogP contribution < -0.4 is 0 Å². The Morgan fingerprint density at radius 2 is 2.02 bits per heavy atom. The van der Waals surface area contributed by atoms with E-state index >= 15 is 0 Å². The molecule has 6 atom stereocenters. The molecule has 0 radical (unpaired) electrons. The molecule has 0 amide bonds. The lowest BCUT2D eigenvalue weighted by molar-refractivity contribution is -0.171. The predicted octanol–water partition coefficient (Wildman–Crippen LogP) is 4.35. The Labute approximate surface area is 234 Å². The zero-order chi connectivity index (χ0) is 28.0. The highest BCUT2D eigenvalue weighted by molar-refractivity contribution is 7.99. The zero-order valence-corrected chi connectivity index (χ0v) is 23.4. The fourth-order valence-corrected chi connectivity index (χ4v) is 6.24. The summed E-state index contributed by atoms with van der Waals surface area (Å²) < 4.78 is 47.2. The van der Waals surface area contributed by atoms with Crippen LogP contribution in [0.15, 0.2) is 28.3 Å². The normalized spacial score (nSPS) is 29.1. The number of rotatable bonds is 10. The van der Waals surface area contributed by atoms with Crippen molar-refractivity contribution in [2.24, 2.45) is 10.9 Å². The van der Waals surface area contributed by atoms with Crippen molar-refractivity contribution in [2.45, 2.75) is 81.2 Å². The molecule has 40 heavy (non-hydrogen) atoms. The number of halogens is 2. The molecule has 1 unspecified atom stereocenters. The van der Waals surface area contributed by atoms with Crippen molar-refractivity contribution in [2.75, 3.05) is 19.0 Å². The molecule has 2 aliphatic carbocycles. The monoisotopic (exact) mass is 574 g/mol. The highest BCUT2D eigenvalue weighted by atomic mass is 32.2. The van der Waals surface area contributed by atoms with E-state index in [1.807, 2.05) is 20.1 Å². The molecule has 1 aliphatic heterocycles. The Bertz CT molecular complexity index is 1420. The first-order valence-corrected chi connectivity index (χ1v) is 14.6. The maximum absolute atomic E-state index is 13.7. The molecule has 3 fully saturated rings. The molecule has 1 N–H and O–H groups in total. The molecule has 0 spiro atoms. The van der Waals surface area contributed by atoms with Gasteiger partial charge in [0.1, 0.15) is 12.2 Å². The highest BCUT2D eigenvalue weighted by Crippen LogP contribution is 2.47. The molecule has 0 bridgehead atoms. The minimum Gasteiger partial charge on any atom is -0.394 e. The van der Waals surface area contributed by atoms with E-state index in [1.54, 1.807) is 10.7 Å². The zero-order valence-electron chi connectivity index (χ0n) is 22.5. The molecule has 214 valence electrons. The average Bonchev–Trinajstić information content (AvgIpc) is 3.31. The van der Waals surface area contributed by atoms with Crippen LogP contribution in [0.2, 0.25) is 0 Å². The van der Waals surface area contributed by atoms with Crippen LogP contribution in [0.1, 0.15) is 57.6 Å². The lowest BCUT2D eigenvalue weighted by Gasteiger charge is -2.23. The maximum Gasteiger partial charge on any atom is 0.191 e. The number of nitrogens with zero attached hydrogens (tertiary/aromatic N) is 6. The Hall–Kier alpha value is -2.58. The number of ether oxygens (including phenoxy) is 3. The second kappa shape index (κ2) is 11.0. The third-order valence-electron chi connectivity index (χ3n) is 7.44. The van der Waals surface area contributed by atoms with Gasteiger partial charge in [0.25, 0.3) is 0 Å². The summed E-state index contributed by atoms with van der Waals surface area (Å²) in [7, 11) is 0. The van der Waals surface area contributed by atoms with Crippen LogP contribution in [-0.4, -0.2) is 79.3 Å². The smallest absolute Gasteiger partial charge is 0.191 e. The van der Waals surface area contributed by atoms with Gasteiger partial charge in [0.15, 0.2) is 39.6 Å². The van der Waals surface area contributed by atoms with Crippen molar-refractivity contribution >= 4 is 35.0 Å². The lowest BCUT2D eigenvalue weighted by atomic mass is 10.1. The number of aromatic nitrogens is 5. The highest BCUT2D eigenvalue weighted by Gasteiger charge is 2.56. The van der Waals surface area contributed by atoms with Crippen LogP contribution in [-0.2, 0) is 14.2 Å². The molecular weight excluding hydrogens is 542 g/mol. The summed E-state index contributed by atoms with van der Waals surface area (Å²) in [6.45, 7) is 5.94. The molecule has 2 saturated carbocycles. The number of aliphatic hydroxyl groups is 1. The van der Waals surface area contributed by atoms with Gasteiger partial charge in [-0.05, 0) is 50.3 Å². The van der Waals surface area contributed by atoms with E-state index in [9.17, 15) is 13.9 Å². The molecule has 1 saturated heterocycles. The Kier molecular flexibility index (Phi) is 7.59. The van der Waals surface area contributed by atoms with Crippen molar-refractivity contribution < 1.29 is 28.1 Å². The standard InChI is InChI=1S/C27H32F2N6O4S/c1-4-9-40-26-31-24(30-13-15-10-16(15)14-5-6-17(28)18(29)11-14)21-25(32-26)35(34-33-21)19-12-20(37-8-7-36)23-22(19)38-27(2,3)39-23/h5-6,11,13,15-16,19-20,22-23,36H,4,7-10,12H2,1-3H3/b30-13+/t15-,16?,19-,20-,22-,23+/m0/s1. The maximum atomic E-state index is 13.7. The van der Waals surface area contributed by atoms with Crippen molar-refractivity contribution in [3.63, 3.8) is 0 Å². The van der Waals surface area contributed by atoms with E-state index in [2.05, 4.69) is 27.2 Å². The lowest BCUT2D eigenvalue weighted by Crippen LogP contribution is -2.31. The van der Waals surface area contributed by atoms with Crippen LogP contribution >= 0.6 is 11.8 Å². The minimum atomic E-state index is -0.851.